The molecule has 2 N–H and O–H groups in total. The Morgan fingerprint density at radius 2 is 2.06 bits per heavy atom. The number of nitrogens with one attached hydrogen (secondary N) is 1. The molecule has 16 heavy (non-hydrogen) atoms. The second-order valence-corrected chi connectivity index (χ2v) is 5.44. The van der Waals surface area contributed by atoms with Gasteiger partial charge in [0, 0.05) is 6.04 Å². The minimum atomic E-state index is -3.57. The molecule has 1 saturated carbocycles. The molecule has 1 aromatic carbocycles. The largest absolute Gasteiger partial charge is 0.478 e. The molecule has 2 rings (SSSR count). The predicted octanol–water partition coefficient (Wildman–Crippen LogP) is 0.826. The van der Waals surface area contributed by atoms with Crippen molar-refractivity contribution in [3.63, 3.8) is 0 Å². The Balaban J connectivity index is 2.31. The maximum atomic E-state index is 11.8. The Labute approximate surface area is 93.2 Å². The van der Waals surface area contributed by atoms with E-state index in [-0.39, 0.29) is 16.5 Å². The lowest BCUT2D eigenvalue weighted by atomic mass is 10.2. The van der Waals surface area contributed by atoms with Crippen LogP contribution in [0.1, 0.15) is 23.2 Å². The summed E-state index contributed by atoms with van der Waals surface area (Å²) in [7, 11) is -3.57. The average Bonchev–Trinajstić information content (AvgIpc) is 3.01. The molecule has 5 nitrogen and oxygen atoms in total. The molecular formula is C10H11NO4S. The number of carboxylic acid groups (broad SMARTS) is 1. The minimum Gasteiger partial charge on any atom is -0.478 e. The fourth-order valence-corrected chi connectivity index (χ4v) is 2.64. The monoisotopic (exact) mass is 241 g/mol. The van der Waals surface area contributed by atoms with Gasteiger partial charge in [0.15, 0.2) is 0 Å². The van der Waals surface area contributed by atoms with Crippen LogP contribution in [0.3, 0.4) is 0 Å². The molecule has 1 aliphatic carbocycles. The highest BCUT2D eigenvalue weighted by atomic mass is 32.2. The van der Waals surface area contributed by atoms with Crippen molar-refractivity contribution < 1.29 is 18.3 Å². The molecule has 0 radical (unpaired) electrons. The first-order valence-corrected chi connectivity index (χ1v) is 6.33. The first-order valence-electron chi connectivity index (χ1n) is 4.85. The van der Waals surface area contributed by atoms with Crippen molar-refractivity contribution in [2.24, 2.45) is 0 Å². The van der Waals surface area contributed by atoms with Gasteiger partial charge in [-0.25, -0.2) is 17.9 Å². The normalized spacial score (nSPS) is 16.0. The molecule has 0 amide bonds. The lowest BCUT2D eigenvalue weighted by Crippen LogP contribution is -2.25. The molecular weight excluding hydrogens is 230 g/mol. The van der Waals surface area contributed by atoms with E-state index in [1.807, 2.05) is 0 Å². The molecule has 0 saturated heterocycles. The predicted molar refractivity (Wildman–Crippen MR) is 56.7 cm³/mol. The lowest BCUT2D eigenvalue weighted by Gasteiger charge is -2.05. The van der Waals surface area contributed by atoms with E-state index in [1.165, 1.54) is 18.2 Å². The van der Waals surface area contributed by atoms with Gasteiger partial charge in [-0.2, -0.15) is 0 Å². The maximum Gasteiger partial charge on any atom is 0.335 e. The van der Waals surface area contributed by atoms with Crippen molar-refractivity contribution in [1.82, 2.24) is 4.72 Å². The first kappa shape index (κ1) is 11.1. The standard InChI is InChI=1S/C10H11NO4S/c12-10(13)7-2-1-3-9(6-7)16(14,15)11-8-4-5-8/h1-3,6,8,11H,4-5H2,(H,12,13). The van der Waals surface area contributed by atoms with Crippen LogP contribution in [-0.4, -0.2) is 25.5 Å². The summed E-state index contributed by atoms with van der Waals surface area (Å²) in [5.74, 6) is -1.14. The van der Waals surface area contributed by atoms with Crippen molar-refractivity contribution >= 4 is 16.0 Å². The molecule has 6 heteroatoms. The summed E-state index contributed by atoms with van der Waals surface area (Å²) >= 11 is 0. The fraction of sp³-hybridized carbons (Fsp3) is 0.300. The van der Waals surface area contributed by atoms with Gasteiger partial charge in [-0.05, 0) is 31.0 Å². The van der Waals surface area contributed by atoms with Gasteiger partial charge < -0.3 is 5.11 Å². The quantitative estimate of drug-likeness (QED) is 0.817. The summed E-state index contributed by atoms with van der Waals surface area (Å²) in [6, 6.07) is 5.34. The van der Waals surface area contributed by atoms with Gasteiger partial charge in [0.25, 0.3) is 0 Å². The van der Waals surface area contributed by atoms with Crippen LogP contribution in [0.15, 0.2) is 29.2 Å². The number of rotatable bonds is 4. The van der Waals surface area contributed by atoms with Crippen molar-refractivity contribution in [3.8, 4) is 0 Å². The van der Waals surface area contributed by atoms with Crippen LogP contribution in [0.4, 0.5) is 0 Å². The second-order valence-electron chi connectivity index (χ2n) is 3.73. The minimum absolute atomic E-state index is 0.000648. The van der Waals surface area contributed by atoms with Crippen LogP contribution in [0.25, 0.3) is 0 Å². The number of sulfonamides is 1. The number of hydrogen-bond donors (Lipinski definition) is 2. The SMILES string of the molecule is O=C(O)c1cccc(S(=O)(=O)NC2CC2)c1. The molecule has 0 unspecified atom stereocenters. The van der Waals surface area contributed by atoms with E-state index in [1.54, 1.807) is 0 Å². The van der Waals surface area contributed by atoms with Crippen molar-refractivity contribution in [2.45, 2.75) is 23.8 Å². The second kappa shape index (κ2) is 3.88. The van der Waals surface area contributed by atoms with Crippen molar-refractivity contribution in [3.05, 3.63) is 29.8 Å². The van der Waals surface area contributed by atoms with E-state index in [0.29, 0.717) is 0 Å². The van der Waals surface area contributed by atoms with Gasteiger partial charge in [0.05, 0.1) is 10.5 Å². The molecule has 0 bridgehead atoms. The number of carboxylic acids is 1. The van der Waals surface area contributed by atoms with Gasteiger partial charge in [0.1, 0.15) is 0 Å². The summed E-state index contributed by atoms with van der Waals surface area (Å²) in [5.41, 5.74) is -0.0290. The molecule has 1 fully saturated rings. The van der Waals surface area contributed by atoms with E-state index in [9.17, 15) is 13.2 Å². The van der Waals surface area contributed by atoms with E-state index in [4.69, 9.17) is 5.11 Å². The zero-order valence-electron chi connectivity index (χ0n) is 8.38. The summed E-state index contributed by atoms with van der Waals surface area (Å²) in [6.07, 6.45) is 1.69. The highest BCUT2D eigenvalue weighted by molar-refractivity contribution is 7.89. The Morgan fingerprint density at radius 3 is 2.62 bits per heavy atom. The van der Waals surface area contributed by atoms with Gasteiger partial charge >= 0.3 is 5.97 Å². The van der Waals surface area contributed by atoms with Gasteiger partial charge in [-0.1, -0.05) is 6.07 Å². The van der Waals surface area contributed by atoms with Crippen LogP contribution < -0.4 is 4.72 Å². The third-order valence-electron chi connectivity index (χ3n) is 2.29. The van der Waals surface area contributed by atoms with Gasteiger partial charge in [-0.3, -0.25) is 0 Å². The van der Waals surface area contributed by atoms with Crippen LogP contribution in [0, 0.1) is 0 Å². The van der Waals surface area contributed by atoms with Crippen LogP contribution in [0.5, 0.6) is 0 Å². The van der Waals surface area contributed by atoms with E-state index < -0.39 is 16.0 Å². The summed E-state index contributed by atoms with van der Waals surface area (Å²) in [5, 5.41) is 8.75. The smallest absolute Gasteiger partial charge is 0.335 e. The summed E-state index contributed by atoms with van der Waals surface area (Å²) < 4.78 is 26.0. The molecule has 0 aromatic heterocycles. The zero-order chi connectivity index (χ0) is 11.8. The highest BCUT2D eigenvalue weighted by Crippen LogP contribution is 2.22. The number of carbonyl (C=O) groups is 1. The number of aromatic carboxylic acids is 1. The molecule has 0 spiro atoms. The van der Waals surface area contributed by atoms with Gasteiger partial charge in [-0.15, -0.1) is 0 Å². The van der Waals surface area contributed by atoms with E-state index >= 15 is 0 Å². The molecule has 0 aliphatic heterocycles. The number of benzene rings is 1. The third-order valence-corrected chi connectivity index (χ3v) is 3.81. The summed E-state index contributed by atoms with van der Waals surface area (Å²) in [6.45, 7) is 0. The third kappa shape index (κ3) is 2.40. The van der Waals surface area contributed by atoms with Crippen molar-refractivity contribution in [1.29, 1.82) is 0 Å². The van der Waals surface area contributed by atoms with Crippen molar-refractivity contribution in [2.75, 3.05) is 0 Å². The molecule has 1 aliphatic rings. The summed E-state index contributed by atoms with van der Waals surface area (Å²) in [4.78, 5) is 10.7. The number of hydrogen-bond acceptors (Lipinski definition) is 3. The average molecular weight is 241 g/mol. The molecule has 1 aromatic rings. The maximum absolute atomic E-state index is 11.8. The first-order chi connectivity index (χ1) is 7.49. The van der Waals surface area contributed by atoms with Crippen LogP contribution >= 0.6 is 0 Å². The molecule has 86 valence electrons. The Kier molecular flexibility index (Phi) is 2.69. The Hall–Kier alpha value is -1.40. The fourth-order valence-electron chi connectivity index (χ4n) is 1.28. The van der Waals surface area contributed by atoms with Crippen LogP contribution in [-0.2, 0) is 10.0 Å². The van der Waals surface area contributed by atoms with E-state index in [0.717, 1.165) is 18.9 Å². The Morgan fingerprint density at radius 1 is 1.38 bits per heavy atom. The van der Waals surface area contributed by atoms with Gasteiger partial charge in [0.2, 0.25) is 10.0 Å². The molecule has 0 heterocycles. The van der Waals surface area contributed by atoms with E-state index in [2.05, 4.69) is 4.72 Å². The molecule has 0 atom stereocenters. The highest BCUT2D eigenvalue weighted by Gasteiger charge is 2.28. The zero-order valence-corrected chi connectivity index (χ0v) is 9.20. The van der Waals surface area contributed by atoms with Crippen LogP contribution in [0.2, 0.25) is 0 Å². The Bertz CT molecular complexity index is 519. The topological polar surface area (TPSA) is 83.5 Å². The lowest BCUT2D eigenvalue weighted by molar-refractivity contribution is 0.0696.